The average Bonchev–Trinajstić information content (AvgIpc) is 3.42. The Labute approximate surface area is 167 Å². The van der Waals surface area contributed by atoms with E-state index in [-0.39, 0.29) is 17.2 Å². The van der Waals surface area contributed by atoms with Crippen LogP contribution in [0.2, 0.25) is 0 Å². The first-order valence-electron chi connectivity index (χ1n) is 9.28. The fourth-order valence-electron chi connectivity index (χ4n) is 3.67. The number of benzene rings is 2. The van der Waals surface area contributed by atoms with Gasteiger partial charge >= 0.3 is 0 Å². The number of thioether (sulfide) groups is 1. The summed E-state index contributed by atoms with van der Waals surface area (Å²) in [5, 5.41) is 4.54. The first-order chi connectivity index (χ1) is 13.8. The lowest BCUT2D eigenvalue weighted by Gasteiger charge is -2.12. The second kappa shape index (κ2) is 7.26. The van der Waals surface area contributed by atoms with Crippen molar-refractivity contribution in [1.82, 2.24) is 15.3 Å². The Hall–Kier alpha value is -2.89. The quantitative estimate of drug-likeness (QED) is 0.495. The van der Waals surface area contributed by atoms with E-state index >= 15 is 0 Å². The van der Waals surface area contributed by atoms with Gasteiger partial charge in [0.25, 0.3) is 0 Å². The molecule has 1 saturated heterocycles. The van der Waals surface area contributed by atoms with Gasteiger partial charge < -0.3 is 4.98 Å². The number of carbonyl (C=O) groups excluding carboxylic acids is 1. The highest BCUT2D eigenvalue weighted by atomic mass is 32.2. The highest BCUT2D eigenvalue weighted by molar-refractivity contribution is 7.99. The molecule has 5 rings (SSSR count). The number of aromatic nitrogens is 2. The molecule has 0 radical (unpaired) electrons. The molecule has 2 aromatic carbocycles. The van der Waals surface area contributed by atoms with E-state index in [0.29, 0.717) is 0 Å². The monoisotopic (exact) mass is 385 g/mol. The van der Waals surface area contributed by atoms with Crippen LogP contribution in [0, 0.1) is 0 Å². The van der Waals surface area contributed by atoms with Gasteiger partial charge in [0.2, 0.25) is 0 Å². The van der Waals surface area contributed by atoms with Gasteiger partial charge in [0.15, 0.2) is 5.78 Å². The van der Waals surface area contributed by atoms with Gasteiger partial charge in [0.05, 0.1) is 11.4 Å². The maximum absolute atomic E-state index is 13.1. The Morgan fingerprint density at radius 3 is 2.75 bits per heavy atom. The number of ketones is 1. The van der Waals surface area contributed by atoms with E-state index in [1.807, 2.05) is 48.8 Å². The van der Waals surface area contributed by atoms with Gasteiger partial charge in [-0.3, -0.25) is 15.1 Å². The SMILES string of the molecule is O=C(c1c[nH]c2cc(-c3ccccc3)ccc12)[C@@H]1CSC(c2cccnc2)N1. The van der Waals surface area contributed by atoms with Gasteiger partial charge in [-0.25, -0.2) is 0 Å². The molecule has 1 aliphatic heterocycles. The van der Waals surface area contributed by atoms with E-state index in [0.717, 1.165) is 33.3 Å². The first kappa shape index (κ1) is 17.2. The van der Waals surface area contributed by atoms with Crippen LogP contribution in [0.25, 0.3) is 22.0 Å². The number of hydrogen-bond donors (Lipinski definition) is 2. The van der Waals surface area contributed by atoms with Crippen molar-refractivity contribution in [2.75, 3.05) is 5.75 Å². The van der Waals surface area contributed by atoms with Crippen LogP contribution in [0.15, 0.2) is 79.3 Å². The van der Waals surface area contributed by atoms with E-state index in [4.69, 9.17) is 0 Å². The maximum atomic E-state index is 13.1. The minimum Gasteiger partial charge on any atom is -0.360 e. The molecule has 4 nitrogen and oxygen atoms in total. The lowest BCUT2D eigenvalue weighted by molar-refractivity contribution is 0.0957. The van der Waals surface area contributed by atoms with Crippen molar-refractivity contribution < 1.29 is 4.79 Å². The zero-order valence-electron chi connectivity index (χ0n) is 15.1. The van der Waals surface area contributed by atoms with Gasteiger partial charge in [0, 0.05) is 40.8 Å². The summed E-state index contributed by atoms with van der Waals surface area (Å²) in [5.74, 6) is 0.894. The van der Waals surface area contributed by atoms with Crippen LogP contribution in [0.5, 0.6) is 0 Å². The number of nitrogens with zero attached hydrogens (tertiary/aromatic N) is 1. The molecule has 0 spiro atoms. The summed E-state index contributed by atoms with van der Waals surface area (Å²) >= 11 is 1.75. The standard InChI is InChI=1S/C23H19N3OS/c27-22(21-14-28-23(26-21)17-7-4-10-24-12-17)19-13-25-20-11-16(8-9-18(19)20)15-5-2-1-3-6-15/h1-13,21,23,25-26H,14H2/t21-,23?/m0/s1. The van der Waals surface area contributed by atoms with Gasteiger partial charge in [0.1, 0.15) is 0 Å². The van der Waals surface area contributed by atoms with E-state index in [1.54, 1.807) is 18.0 Å². The fourth-order valence-corrected chi connectivity index (χ4v) is 4.90. The smallest absolute Gasteiger partial charge is 0.182 e. The fraction of sp³-hybridized carbons (Fsp3) is 0.130. The van der Waals surface area contributed by atoms with E-state index in [1.165, 1.54) is 5.56 Å². The molecule has 0 bridgehead atoms. The van der Waals surface area contributed by atoms with Gasteiger partial charge in [-0.15, -0.1) is 11.8 Å². The third-order valence-electron chi connectivity index (χ3n) is 5.14. The normalized spacial score (nSPS) is 19.1. The number of carbonyl (C=O) groups is 1. The van der Waals surface area contributed by atoms with E-state index < -0.39 is 0 Å². The second-order valence-electron chi connectivity index (χ2n) is 6.91. The molecular formula is C23H19N3OS. The number of aromatic amines is 1. The van der Waals surface area contributed by atoms with Crippen molar-refractivity contribution in [2.45, 2.75) is 11.4 Å². The lowest BCUT2D eigenvalue weighted by atomic mass is 10.0. The number of pyridine rings is 1. The Morgan fingerprint density at radius 2 is 1.93 bits per heavy atom. The van der Waals surface area contributed by atoms with Crippen LogP contribution < -0.4 is 5.32 Å². The molecule has 4 aromatic rings. The largest absolute Gasteiger partial charge is 0.360 e. The summed E-state index contributed by atoms with van der Waals surface area (Å²) in [7, 11) is 0. The molecule has 138 valence electrons. The molecular weight excluding hydrogens is 366 g/mol. The molecule has 5 heteroatoms. The highest BCUT2D eigenvalue weighted by Gasteiger charge is 2.32. The first-order valence-corrected chi connectivity index (χ1v) is 10.3. The molecule has 2 aromatic heterocycles. The Morgan fingerprint density at radius 1 is 1.04 bits per heavy atom. The minimum atomic E-state index is -0.192. The van der Waals surface area contributed by atoms with Crippen molar-refractivity contribution in [1.29, 1.82) is 0 Å². The van der Waals surface area contributed by atoms with Crippen LogP contribution >= 0.6 is 11.8 Å². The van der Waals surface area contributed by atoms with Crippen LogP contribution in [-0.4, -0.2) is 27.5 Å². The van der Waals surface area contributed by atoms with Gasteiger partial charge in [-0.2, -0.15) is 0 Å². The zero-order valence-corrected chi connectivity index (χ0v) is 15.9. The van der Waals surface area contributed by atoms with Crippen LogP contribution in [0.1, 0.15) is 21.3 Å². The number of nitrogens with one attached hydrogen (secondary N) is 2. The van der Waals surface area contributed by atoms with Crippen LogP contribution in [0.3, 0.4) is 0 Å². The molecule has 0 amide bonds. The molecule has 1 aliphatic rings. The van der Waals surface area contributed by atoms with Gasteiger partial charge in [-0.1, -0.05) is 48.5 Å². The summed E-state index contributed by atoms with van der Waals surface area (Å²) in [4.78, 5) is 20.6. The highest BCUT2D eigenvalue weighted by Crippen LogP contribution is 2.34. The number of rotatable bonds is 4. The van der Waals surface area contributed by atoms with Crippen molar-refractivity contribution >= 4 is 28.4 Å². The maximum Gasteiger partial charge on any atom is 0.182 e. The molecule has 1 unspecified atom stereocenters. The number of Topliss-reactive ketones (excluding diaryl/α,β-unsaturated/α-hetero) is 1. The molecule has 0 saturated carbocycles. The van der Waals surface area contributed by atoms with E-state index in [9.17, 15) is 4.79 Å². The molecule has 0 aliphatic carbocycles. The second-order valence-corrected chi connectivity index (χ2v) is 8.05. The Balaban J connectivity index is 1.40. The minimum absolute atomic E-state index is 0.109. The number of fused-ring (bicyclic) bond motifs is 1. The topological polar surface area (TPSA) is 57.8 Å². The number of H-pyrrole nitrogens is 1. The Kier molecular flexibility index (Phi) is 4.47. The van der Waals surface area contributed by atoms with Crippen molar-refractivity contribution in [3.8, 4) is 11.1 Å². The third kappa shape index (κ3) is 3.13. The zero-order chi connectivity index (χ0) is 18.9. The summed E-state index contributed by atoms with van der Waals surface area (Å²) in [6.07, 6.45) is 5.46. The van der Waals surface area contributed by atoms with Crippen LogP contribution in [0.4, 0.5) is 0 Å². The average molecular weight is 385 g/mol. The lowest BCUT2D eigenvalue weighted by Crippen LogP contribution is -2.34. The van der Waals surface area contributed by atoms with Crippen LogP contribution in [-0.2, 0) is 0 Å². The summed E-state index contributed by atoms with van der Waals surface area (Å²) in [6, 6.07) is 20.3. The molecule has 1 fully saturated rings. The summed E-state index contributed by atoms with van der Waals surface area (Å²) < 4.78 is 0. The third-order valence-corrected chi connectivity index (χ3v) is 6.41. The molecule has 3 heterocycles. The van der Waals surface area contributed by atoms with Crippen molar-refractivity contribution in [3.63, 3.8) is 0 Å². The van der Waals surface area contributed by atoms with Crippen molar-refractivity contribution in [2.24, 2.45) is 0 Å². The summed E-state index contributed by atoms with van der Waals surface area (Å²) in [5.41, 5.74) is 5.15. The van der Waals surface area contributed by atoms with E-state index in [2.05, 4.69) is 39.6 Å². The summed E-state index contributed by atoms with van der Waals surface area (Å²) in [6.45, 7) is 0. The predicted molar refractivity (Wildman–Crippen MR) is 114 cm³/mol. The number of hydrogen-bond acceptors (Lipinski definition) is 4. The van der Waals surface area contributed by atoms with Crippen molar-refractivity contribution in [3.05, 3.63) is 90.4 Å². The molecule has 2 atom stereocenters. The van der Waals surface area contributed by atoms with Gasteiger partial charge in [-0.05, 0) is 28.8 Å². The predicted octanol–water partition coefficient (Wildman–Crippen LogP) is 4.82. The molecule has 2 N–H and O–H groups in total. The Bertz CT molecular complexity index is 1120. The molecule has 28 heavy (non-hydrogen) atoms.